The van der Waals surface area contributed by atoms with Gasteiger partial charge in [-0.25, -0.2) is 4.98 Å². The van der Waals surface area contributed by atoms with Crippen molar-refractivity contribution in [2.75, 3.05) is 25.1 Å². The van der Waals surface area contributed by atoms with Crippen molar-refractivity contribution < 1.29 is 5.11 Å². The minimum absolute atomic E-state index is 0.126. The van der Waals surface area contributed by atoms with Crippen LogP contribution in [0.1, 0.15) is 9.88 Å². The molecule has 0 atom stereocenters. The number of thiazole rings is 1. The van der Waals surface area contributed by atoms with Crippen molar-refractivity contribution in [2.24, 2.45) is 0 Å². The van der Waals surface area contributed by atoms with Crippen molar-refractivity contribution in [3.63, 3.8) is 0 Å². The monoisotopic (exact) mass is 391 g/mol. The number of nitrogens with zero attached hydrogens (tertiary/aromatic N) is 3. The molecule has 0 bridgehead atoms. The third-order valence-electron chi connectivity index (χ3n) is 4.33. The number of para-hydroxylation sites is 1. The number of nitriles is 1. The van der Waals surface area contributed by atoms with Gasteiger partial charge in [-0.3, -0.25) is 0 Å². The van der Waals surface area contributed by atoms with E-state index in [1.807, 2.05) is 42.3 Å². The van der Waals surface area contributed by atoms with Gasteiger partial charge in [0.1, 0.15) is 11.1 Å². The Balaban J connectivity index is 1.70. The van der Waals surface area contributed by atoms with Crippen LogP contribution in [0, 0.1) is 11.3 Å². The van der Waals surface area contributed by atoms with Crippen molar-refractivity contribution in [1.29, 1.82) is 5.26 Å². The molecule has 2 aromatic carbocycles. The fraction of sp³-hybridized carbons (Fsp3) is 0.143. The van der Waals surface area contributed by atoms with Crippen LogP contribution in [0.15, 0.2) is 48.5 Å². The van der Waals surface area contributed by atoms with Crippen LogP contribution < -0.4 is 4.90 Å². The zero-order chi connectivity index (χ0) is 18.8. The van der Waals surface area contributed by atoms with Crippen molar-refractivity contribution in [1.82, 2.24) is 4.98 Å². The first-order valence-electron chi connectivity index (χ1n) is 8.51. The molecule has 4 nitrogen and oxygen atoms in total. The van der Waals surface area contributed by atoms with Crippen LogP contribution in [0.25, 0.3) is 32.0 Å². The Morgan fingerprint density at radius 3 is 2.81 bits per heavy atom. The van der Waals surface area contributed by atoms with Gasteiger partial charge in [-0.15, -0.1) is 22.7 Å². The molecule has 6 heteroatoms. The lowest BCUT2D eigenvalue weighted by Gasteiger charge is -2.17. The molecule has 1 N–H and O–H groups in total. The van der Waals surface area contributed by atoms with E-state index in [0.29, 0.717) is 12.1 Å². The quantitative estimate of drug-likeness (QED) is 0.486. The fourth-order valence-electron chi connectivity index (χ4n) is 2.90. The zero-order valence-electron chi connectivity index (χ0n) is 14.7. The van der Waals surface area contributed by atoms with Gasteiger partial charge < -0.3 is 10.0 Å². The molecule has 27 heavy (non-hydrogen) atoms. The standard InChI is InChI=1S/C21H17N3OS2/c1-24(8-9-25)16-7-6-14-10-17(26-20(14)12-16)11-15(13-22)21-23-18-4-2-3-5-19(18)27-21/h2-7,10-12,25H,8-9H2,1H3/b15-11+. The average Bonchev–Trinajstić information content (AvgIpc) is 3.28. The van der Waals surface area contributed by atoms with Crippen molar-refractivity contribution in [3.05, 3.63) is 58.4 Å². The number of allylic oxidation sites excluding steroid dienone is 1. The summed E-state index contributed by atoms with van der Waals surface area (Å²) in [6.07, 6.45) is 1.92. The molecule has 2 aromatic heterocycles. The molecule has 0 unspecified atom stereocenters. The van der Waals surface area contributed by atoms with E-state index in [1.165, 1.54) is 0 Å². The Bertz CT molecular complexity index is 1150. The normalized spacial score (nSPS) is 11.8. The molecule has 0 aliphatic carbocycles. The van der Waals surface area contributed by atoms with Crippen LogP contribution in [0.5, 0.6) is 0 Å². The SMILES string of the molecule is CN(CCO)c1ccc2cc(/C=C(\C#N)c3nc4ccccc4s3)sc2c1. The minimum Gasteiger partial charge on any atom is -0.395 e. The second kappa shape index (κ2) is 7.49. The Hall–Kier alpha value is -2.72. The van der Waals surface area contributed by atoms with E-state index in [9.17, 15) is 5.26 Å². The van der Waals surface area contributed by atoms with E-state index >= 15 is 0 Å². The summed E-state index contributed by atoms with van der Waals surface area (Å²) < 4.78 is 2.24. The molecular formula is C21H17N3OS2. The molecule has 0 aliphatic heterocycles. The third-order valence-corrected chi connectivity index (χ3v) is 6.44. The van der Waals surface area contributed by atoms with E-state index in [1.54, 1.807) is 22.7 Å². The number of aliphatic hydroxyl groups is 1. The summed E-state index contributed by atoms with van der Waals surface area (Å²) in [4.78, 5) is 7.65. The van der Waals surface area contributed by atoms with E-state index in [-0.39, 0.29) is 6.61 Å². The Kier molecular flexibility index (Phi) is 4.90. The summed E-state index contributed by atoms with van der Waals surface area (Å²) in [6.45, 7) is 0.723. The number of aromatic nitrogens is 1. The molecule has 0 fully saturated rings. The van der Waals surface area contributed by atoms with Crippen LogP contribution in [0.4, 0.5) is 5.69 Å². The zero-order valence-corrected chi connectivity index (χ0v) is 16.3. The van der Waals surface area contributed by atoms with Crippen molar-refractivity contribution in [3.8, 4) is 6.07 Å². The summed E-state index contributed by atoms with van der Waals surface area (Å²) in [5, 5.41) is 20.7. The largest absolute Gasteiger partial charge is 0.395 e. The first kappa shape index (κ1) is 17.7. The maximum absolute atomic E-state index is 9.64. The third kappa shape index (κ3) is 3.58. The predicted octanol–water partition coefficient (Wildman–Crippen LogP) is 5.00. The lowest BCUT2D eigenvalue weighted by atomic mass is 10.2. The molecule has 134 valence electrons. The first-order chi connectivity index (χ1) is 13.2. The average molecular weight is 392 g/mol. The van der Waals surface area contributed by atoms with Gasteiger partial charge in [0.05, 0.1) is 22.4 Å². The summed E-state index contributed by atoms with van der Waals surface area (Å²) in [5.74, 6) is 0. The van der Waals surface area contributed by atoms with Gasteiger partial charge in [0.25, 0.3) is 0 Å². The maximum atomic E-state index is 9.64. The number of hydrogen-bond acceptors (Lipinski definition) is 6. The van der Waals surface area contributed by atoms with E-state index < -0.39 is 0 Å². The van der Waals surface area contributed by atoms with Gasteiger partial charge in [0.15, 0.2) is 0 Å². The lowest BCUT2D eigenvalue weighted by molar-refractivity contribution is 0.304. The first-order valence-corrected chi connectivity index (χ1v) is 10.1. The van der Waals surface area contributed by atoms with Crippen LogP contribution >= 0.6 is 22.7 Å². The number of anilines is 1. The van der Waals surface area contributed by atoms with Gasteiger partial charge in [0.2, 0.25) is 0 Å². The lowest BCUT2D eigenvalue weighted by Crippen LogP contribution is -2.20. The highest BCUT2D eigenvalue weighted by atomic mass is 32.1. The van der Waals surface area contributed by atoms with Gasteiger partial charge in [0, 0.05) is 28.9 Å². The van der Waals surface area contributed by atoms with Crippen LogP contribution in [-0.4, -0.2) is 30.3 Å². The molecular weight excluding hydrogens is 374 g/mol. The predicted molar refractivity (Wildman–Crippen MR) is 115 cm³/mol. The minimum atomic E-state index is 0.126. The topological polar surface area (TPSA) is 60.1 Å². The molecule has 2 heterocycles. The van der Waals surface area contributed by atoms with Crippen LogP contribution in [0.2, 0.25) is 0 Å². The Morgan fingerprint density at radius 1 is 1.19 bits per heavy atom. The number of benzene rings is 2. The summed E-state index contributed by atoms with van der Waals surface area (Å²) in [7, 11) is 1.97. The number of thiophene rings is 1. The molecule has 4 aromatic rings. The molecule has 0 spiro atoms. The van der Waals surface area contributed by atoms with Gasteiger partial charge >= 0.3 is 0 Å². The molecule has 0 aliphatic rings. The highest BCUT2D eigenvalue weighted by molar-refractivity contribution is 7.20. The maximum Gasteiger partial charge on any atom is 0.135 e. The molecule has 0 saturated heterocycles. The summed E-state index contributed by atoms with van der Waals surface area (Å²) in [5.41, 5.74) is 2.58. The number of hydrogen-bond donors (Lipinski definition) is 1. The van der Waals surface area contributed by atoms with Crippen molar-refractivity contribution in [2.45, 2.75) is 0 Å². The summed E-state index contributed by atoms with van der Waals surface area (Å²) in [6, 6.07) is 18.6. The molecule has 4 rings (SSSR count). The Morgan fingerprint density at radius 2 is 2.04 bits per heavy atom. The second-order valence-electron chi connectivity index (χ2n) is 6.17. The van der Waals surface area contributed by atoms with Crippen LogP contribution in [-0.2, 0) is 0 Å². The number of aliphatic hydroxyl groups excluding tert-OH is 1. The van der Waals surface area contributed by atoms with Gasteiger partial charge in [-0.1, -0.05) is 18.2 Å². The van der Waals surface area contributed by atoms with E-state index in [0.717, 1.165) is 35.9 Å². The van der Waals surface area contributed by atoms with E-state index in [2.05, 4.69) is 35.3 Å². The molecule has 0 saturated carbocycles. The second-order valence-corrected chi connectivity index (χ2v) is 8.32. The summed E-state index contributed by atoms with van der Waals surface area (Å²) >= 11 is 3.19. The highest BCUT2D eigenvalue weighted by Gasteiger charge is 2.10. The smallest absolute Gasteiger partial charge is 0.135 e. The number of rotatable bonds is 5. The molecule has 0 amide bonds. The van der Waals surface area contributed by atoms with Gasteiger partial charge in [-0.2, -0.15) is 5.26 Å². The number of likely N-dealkylation sites (N-methyl/N-ethyl adjacent to an activating group) is 1. The number of fused-ring (bicyclic) bond motifs is 2. The van der Waals surface area contributed by atoms with Gasteiger partial charge in [-0.05, 0) is 41.8 Å². The molecule has 0 radical (unpaired) electrons. The fourth-order valence-corrected chi connectivity index (χ4v) is 4.87. The highest BCUT2D eigenvalue weighted by Crippen LogP contribution is 2.33. The van der Waals surface area contributed by atoms with E-state index in [4.69, 9.17) is 5.11 Å². The van der Waals surface area contributed by atoms with Crippen molar-refractivity contribution >= 4 is 60.3 Å². The van der Waals surface area contributed by atoms with Crippen LogP contribution in [0.3, 0.4) is 0 Å². The Labute approximate surface area is 165 Å².